The Morgan fingerprint density at radius 1 is 1.07 bits per heavy atom. The first kappa shape index (κ1) is 17.3. The molecule has 0 N–H and O–H groups in total. The zero-order valence-corrected chi connectivity index (χ0v) is 14.7. The Balaban J connectivity index is 1.62. The molecule has 1 fully saturated rings. The molecule has 0 spiro atoms. The van der Waals surface area contributed by atoms with Gasteiger partial charge in [-0.1, -0.05) is 18.1 Å². The van der Waals surface area contributed by atoms with Crippen molar-refractivity contribution in [3.05, 3.63) is 46.8 Å². The molecule has 0 aliphatic carbocycles. The van der Waals surface area contributed by atoms with Gasteiger partial charge in [-0.3, -0.25) is 14.2 Å². The van der Waals surface area contributed by atoms with E-state index in [2.05, 4.69) is 15.3 Å². The maximum Gasteiger partial charge on any atom is 0.284 e. The van der Waals surface area contributed by atoms with Gasteiger partial charge < -0.3 is 4.90 Å². The van der Waals surface area contributed by atoms with Crippen molar-refractivity contribution in [2.24, 2.45) is 0 Å². The number of aromatic nitrogens is 5. The van der Waals surface area contributed by atoms with Crippen molar-refractivity contribution in [2.45, 2.75) is 32.2 Å². The lowest BCUT2D eigenvalue weighted by Gasteiger charge is -2.20. The molecule has 0 radical (unpaired) electrons. The second-order valence-corrected chi connectivity index (χ2v) is 6.62. The molecule has 0 atom stereocenters. The monoisotopic (exact) mass is 370 g/mol. The van der Waals surface area contributed by atoms with Crippen LogP contribution in [0.3, 0.4) is 0 Å². The number of hydrogen-bond acceptors (Lipinski definition) is 5. The first-order valence-electron chi connectivity index (χ1n) is 8.98. The number of hydrogen-bond donors (Lipinski definition) is 0. The molecular weight excluding hydrogens is 351 g/mol. The Morgan fingerprint density at radius 2 is 1.78 bits per heavy atom. The standard InChI is InChI=1S/C18H19FN6O2/c19-13-5-7-14(8-6-13)25-17-16(21-22-25)18(27)24(12-20-17)11-15(26)23-9-3-1-2-4-10-23/h5-8,12H,1-4,9-11H2. The zero-order chi connectivity index (χ0) is 18.8. The highest BCUT2D eigenvalue weighted by atomic mass is 19.1. The van der Waals surface area contributed by atoms with Crippen molar-refractivity contribution in [3.8, 4) is 5.69 Å². The van der Waals surface area contributed by atoms with E-state index in [0.717, 1.165) is 38.8 Å². The third-order valence-corrected chi connectivity index (χ3v) is 4.77. The molecule has 2 aromatic heterocycles. The third kappa shape index (κ3) is 3.44. The number of rotatable bonds is 3. The first-order chi connectivity index (χ1) is 13.1. The number of halogens is 1. The van der Waals surface area contributed by atoms with E-state index in [4.69, 9.17) is 0 Å². The highest BCUT2D eigenvalue weighted by molar-refractivity contribution is 5.76. The fourth-order valence-corrected chi connectivity index (χ4v) is 3.28. The van der Waals surface area contributed by atoms with Crippen LogP contribution in [0.25, 0.3) is 16.9 Å². The lowest BCUT2D eigenvalue weighted by molar-refractivity contribution is -0.131. The van der Waals surface area contributed by atoms with Gasteiger partial charge in [-0.2, -0.15) is 4.68 Å². The van der Waals surface area contributed by atoms with E-state index in [1.807, 2.05) is 0 Å². The summed E-state index contributed by atoms with van der Waals surface area (Å²) in [5.41, 5.74) is 0.469. The summed E-state index contributed by atoms with van der Waals surface area (Å²) in [6.45, 7) is 1.39. The van der Waals surface area contributed by atoms with E-state index >= 15 is 0 Å². The molecule has 0 saturated carbocycles. The van der Waals surface area contributed by atoms with Gasteiger partial charge in [-0.15, -0.1) is 5.10 Å². The number of nitrogens with zero attached hydrogens (tertiary/aromatic N) is 6. The quantitative estimate of drug-likeness (QED) is 0.698. The predicted molar refractivity (Wildman–Crippen MR) is 95.9 cm³/mol. The summed E-state index contributed by atoms with van der Waals surface area (Å²) in [5.74, 6) is -0.461. The number of likely N-dealkylation sites (tertiary alicyclic amines) is 1. The van der Waals surface area contributed by atoms with Crippen molar-refractivity contribution >= 4 is 17.1 Å². The Kier molecular flexibility index (Phi) is 4.66. The molecule has 1 aliphatic heterocycles. The summed E-state index contributed by atoms with van der Waals surface area (Å²) < 4.78 is 15.7. The minimum Gasteiger partial charge on any atom is -0.341 e. The number of benzene rings is 1. The van der Waals surface area contributed by atoms with Crippen LogP contribution in [0.1, 0.15) is 25.7 Å². The number of carbonyl (C=O) groups is 1. The largest absolute Gasteiger partial charge is 0.341 e. The van der Waals surface area contributed by atoms with E-state index in [1.165, 1.54) is 39.8 Å². The van der Waals surface area contributed by atoms with Gasteiger partial charge in [0, 0.05) is 13.1 Å². The second-order valence-electron chi connectivity index (χ2n) is 6.62. The summed E-state index contributed by atoms with van der Waals surface area (Å²) in [4.78, 5) is 31.3. The van der Waals surface area contributed by atoms with Crippen molar-refractivity contribution in [3.63, 3.8) is 0 Å². The van der Waals surface area contributed by atoms with Crippen LogP contribution in [-0.2, 0) is 11.3 Å². The smallest absolute Gasteiger partial charge is 0.284 e. The number of fused-ring (bicyclic) bond motifs is 1. The second kappa shape index (κ2) is 7.26. The van der Waals surface area contributed by atoms with Crippen LogP contribution in [-0.4, -0.2) is 48.4 Å². The Labute approximate surface area is 154 Å². The first-order valence-corrected chi connectivity index (χ1v) is 8.98. The van der Waals surface area contributed by atoms with Crippen molar-refractivity contribution in [1.29, 1.82) is 0 Å². The molecule has 3 aromatic rings. The molecule has 1 aromatic carbocycles. The highest BCUT2D eigenvalue weighted by Crippen LogP contribution is 2.13. The topological polar surface area (TPSA) is 85.9 Å². The lowest BCUT2D eigenvalue weighted by atomic mass is 10.2. The van der Waals surface area contributed by atoms with Crippen molar-refractivity contribution in [1.82, 2.24) is 29.4 Å². The van der Waals surface area contributed by atoms with Gasteiger partial charge in [0.15, 0.2) is 11.2 Å². The molecular formula is C18H19FN6O2. The maximum atomic E-state index is 13.1. The molecule has 4 rings (SSSR count). The van der Waals surface area contributed by atoms with Gasteiger partial charge >= 0.3 is 0 Å². The van der Waals surface area contributed by atoms with Crippen LogP contribution in [0.4, 0.5) is 4.39 Å². The average molecular weight is 370 g/mol. The van der Waals surface area contributed by atoms with Gasteiger partial charge in [-0.05, 0) is 37.1 Å². The van der Waals surface area contributed by atoms with Crippen molar-refractivity contribution < 1.29 is 9.18 Å². The lowest BCUT2D eigenvalue weighted by Crippen LogP contribution is -2.37. The summed E-state index contributed by atoms with van der Waals surface area (Å²) in [6.07, 6.45) is 5.57. The molecule has 1 amide bonds. The van der Waals surface area contributed by atoms with E-state index in [-0.39, 0.29) is 29.4 Å². The SMILES string of the molecule is O=C(Cn1cnc2c(nnn2-c2ccc(F)cc2)c1=O)N1CCCCCC1. The molecule has 27 heavy (non-hydrogen) atoms. The summed E-state index contributed by atoms with van der Waals surface area (Å²) in [7, 11) is 0. The van der Waals surface area contributed by atoms with E-state index in [1.54, 1.807) is 4.90 Å². The fourth-order valence-electron chi connectivity index (χ4n) is 3.28. The van der Waals surface area contributed by atoms with Crippen LogP contribution in [0.2, 0.25) is 0 Å². The van der Waals surface area contributed by atoms with Crippen LogP contribution in [0.15, 0.2) is 35.4 Å². The van der Waals surface area contributed by atoms with Gasteiger partial charge in [0.25, 0.3) is 5.56 Å². The van der Waals surface area contributed by atoms with Gasteiger partial charge in [0.05, 0.1) is 5.69 Å². The average Bonchev–Trinajstić information content (AvgIpc) is 2.91. The van der Waals surface area contributed by atoms with E-state index in [0.29, 0.717) is 5.69 Å². The Bertz CT molecular complexity index is 1020. The third-order valence-electron chi connectivity index (χ3n) is 4.77. The predicted octanol–water partition coefficient (Wildman–Crippen LogP) is 1.52. The molecule has 140 valence electrons. The fraction of sp³-hybridized carbons (Fsp3) is 0.389. The molecule has 9 heteroatoms. The molecule has 1 saturated heterocycles. The number of amides is 1. The van der Waals surface area contributed by atoms with Crippen LogP contribution >= 0.6 is 0 Å². The molecule has 1 aliphatic rings. The van der Waals surface area contributed by atoms with Gasteiger partial charge in [-0.25, -0.2) is 9.37 Å². The summed E-state index contributed by atoms with van der Waals surface area (Å²) >= 11 is 0. The van der Waals surface area contributed by atoms with Gasteiger partial charge in [0.2, 0.25) is 5.91 Å². The molecule has 0 bridgehead atoms. The summed E-state index contributed by atoms with van der Waals surface area (Å²) in [5, 5.41) is 7.86. The Hall–Kier alpha value is -3.10. The summed E-state index contributed by atoms with van der Waals surface area (Å²) in [6, 6.07) is 5.65. The maximum absolute atomic E-state index is 13.1. The molecule has 3 heterocycles. The normalized spacial score (nSPS) is 15.1. The van der Waals surface area contributed by atoms with E-state index in [9.17, 15) is 14.0 Å². The van der Waals surface area contributed by atoms with Gasteiger partial charge in [0.1, 0.15) is 18.7 Å². The Morgan fingerprint density at radius 3 is 2.48 bits per heavy atom. The molecule has 8 nitrogen and oxygen atoms in total. The zero-order valence-electron chi connectivity index (χ0n) is 14.7. The van der Waals surface area contributed by atoms with Crippen LogP contribution < -0.4 is 5.56 Å². The minimum absolute atomic E-state index is 0.0643. The van der Waals surface area contributed by atoms with Crippen LogP contribution in [0.5, 0.6) is 0 Å². The minimum atomic E-state index is -0.420. The number of carbonyl (C=O) groups excluding carboxylic acids is 1. The van der Waals surface area contributed by atoms with Crippen LogP contribution in [0, 0.1) is 5.82 Å². The van der Waals surface area contributed by atoms with E-state index < -0.39 is 5.56 Å². The van der Waals surface area contributed by atoms with Crippen molar-refractivity contribution in [2.75, 3.05) is 13.1 Å². The molecule has 0 unspecified atom stereocenters. The highest BCUT2D eigenvalue weighted by Gasteiger charge is 2.19.